The van der Waals surface area contributed by atoms with Gasteiger partial charge >= 0.3 is 5.97 Å². The zero-order chi connectivity index (χ0) is 14.8. The Morgan fingerprint density at radius 2 is 2.05 bits per heavy atom. The molecule has 0 unspecified atom stereocenters. The minimum absolute atomic E-state index is 0.112. The first-order chi connectivity index (χ1) is 10.1. The minimum atomic E-state index is -1.12. The molecule has 1 aliphatic carbocycles. The SMILES string of the molecule is O=C(O)c1cnc(OCC2CC2)c(-c2ccc(Cl)cc2)n1. The van der Waals surface area contributed by atoms with Crippen molar-refractivity contribution in [1.82, 2.24) is 9.97 Å². The average molecular weight is 305 g/mol. The smallest absolute Gasteiger partial charge is 0.356 e. The summed E-state index contributed by atoms with van der Waals surface area (Å²) in [7, 11) is 0. The van der Waals surface area contributed by atoms with Gasteiger partial charge in [0.15, 0.2) is 5.69 Å². The molecule has 21 heavy (non-hydrogen) atoms. The Labute approximate surface area is 126 Å². The molecular formula is C15H13ClN2O3. The third kappa shape index (κ3) is 3.31. The molecule has 0 aliphatic heterocycles. The largest absolute Gasteiger partial charge is 0.476 e. The molecule has 0 radical (unpaired) electrons. The van der Waals surface area contributed by atoms with Crippen LogP contribution in [0.15, 0.2) is 30.5 Å². The predicted molar refractivity (Wildman–Crippen MR) is 77.7 cm³/mol. The van der Waals surface area contributed by atoms with Crippen LogP contribution in [0, 0.1) is 5.92 Å². The Bertz CT molecular complexity index is 669. The second-order valence-corrected chi connectivity index (χ2v) is 5.41. The van der Waals surface area contributed by atoms with Crippen molar-refractivity contribution in [3.8, 4) is 17.1 Å². The summed E-state index contributed by atoms with van der Waals surface area (Å²) in [6, 6.07) is 6.97. The molecule has 1 aromatic carbocycles. The third-order valence-electron chi connectivity index (χ3n) is 3.23. The highest BCUT2D eigenvalue weighted by Gasteiger charge is 2.23. The van der Waals surface area contributed by atoms with E-state index in [0.29, 0.717) is 29.1 Å². The van der Waals surface area contributed by atoms with Crippen LogP contribution in [0.25, 0.3) is 11.3 Å². The Morgan fingerprint density at radius 3 is 2.67 bits per heavy atom. The van der Waals surface area contributed by atoms with E-state index in [9.17, 15) is 4.79 Å². The van der Waals surface area contributed by atoms with Crippen molar-refractivity contribution < 1.29 is 14.6 Å². The van der Waals surface area contributed by atoms with Gasteiger partial charge in [0.2, 0.25) is 5.88 Å². The molecule has 0 spiro atoms. The number of aromatic carboxylic acids is 1. The highest BCUT2D eigenvalue weighted by molar-refractivity contribution is 6.30. The summed E-state index contributed by atoms with van der Waals surface area (Å²) in [6.07, 6.45) is 3.54. The Balaban J connectivity index is 1.97. The summed E-state index contributed by atoms with van der Waals surface area (Å²) < 4.78 is 5.68. The van der Waals surface area contributed by atoms with Crippen LogP contribution in [0.3, 0.4) is 0 Å². The second kappa shape index (κ2) is 5.69. The number of benzene rings is 1. The lowest BCUT2D eigenvalue weighted by atomic mass is 10.1. The molecule has 0 saturated heterocycles. The van der Waals surface area contributed by atoms with E-state index >= 15 is 0 Å². The van der Waals surface area contributed by atoms with Gasteiger partial charge in [-0.2, -0.15) is 0 Å². The first-order valence-electron chi connectivity index (χ1n) is 6.62. The molecule has 0 bridgehead atoms. The average Bonchev–Trinajstić information content (AvgIpc) is 3.30. The minimum Gasteiger partial charge on any atom is -0.476 e. The number of carboxylic acid groups (broad SMARTS) is 1. The van der Waals surface area contributed by atoms with Gasteiger partial charge in [0.05, 0.1) is 12.8 Å². The molecule has 6 heteroatoms. The van der Waals surface area contributed by atoms with E-state index in [1.807, 2.05) is 0 Å². The van der Waals surface area contributed by atoms with Gasteiger partial charge < -0.3 is 9.84 Å². The number of carbonyl (C=O) groups is 1. The van der Waals surface area contributed by atoms with Crippen LogP contribution >= 0.6 is 11.6 Å². The molecule has 2 aromatic rings. The first kappa shape index (κ1) is 13.8. The number of nitrogens with zero attached hydrogens (tertiary/aromatic N) is 2. The molecule has 1 saturated carbocycles. The van der Waals surface area contributed by atoms with Crippen molar-refractivity contribution in [2.45, 2.75) is 12.8 Å². The lowest BCUT2D eigenvalue weighted by Gasteiger charge is -2.10. The van der Waals surface area contributed by atoms with Crippen molar-refractivity contribution in [1.29, 1.82) is 0 Å². The lowest BCUT2D eigenvalue weighted by molar-refractivity contribution is 0.0690. The van der Waals surface area contributed by atoms with Crippen LogP contribution in [0.1, 0.15) is 23.3 Å². The predicted octanol–water partition coefficient (Wildman–Crippen LogP) is 3.28. The van der Waals surface area contributed by atoms with Gasteiger partial charge in [0, 0.05) is 10.6 Å². The molecule has 0 amide bonds. The molecule has 108 valence electrons. The summed E-state index contributed by atoms with van der Waals surface area (Å²) >= 11 is 5.87. The van der Waals surface area contributed by atoms with Crippen LogP contribution in [-0.4, -0.2) is 27.7 Å². The Hall–Kier alpha value is -2.14. The molecule has 1 aliphatic rings. The van der Waals surface area contributed by atoms with Crippen LogP contribution in [0.4, 0.5) is 0 Å². The van der Waals surface area contributed by atoms with Crippen molar-refractivity contribution in [3.05, 3.63) is 41.2 Å². The van der Waals surface area contributed by atoms with Crippen LogP contribution in [0.5, 0.6) is 5.88 Å². The van der Waals surface area contributed by atoms with Crippen molar-refractivity contribution in [2.75, 3.05) is 6.61 Å². The normalized spacial score (nSPS) is 14.0. The molecular weight excluding hydrogens is 292 g/mol. The maximum atomic E-state index is 11.1. The maximum Gasteiger partial charge on any atom is 0.356 e. The number of ether oxygens (including phenoxy) is 1. The summed E-state index contributed by atoms with van der Waals surface area (Å²) in [6.45, 7) is 0.585. The van der Waals surface area contributed by atoms with Gasteiger partial charge in [-0.05, 0) is 30.9 Å². The Morgan fingerprint density at radius 1 is 1.33 bits per heavy atom. The van der Waals surface area contributed by atoms with Crippen molar-refractivity contribution in [2.24, 2.45) is 5.92 Å². The van der Waals surface area contributed by atoms with Gasteiger partial charge in [-0.1, -0.05) is 23.7 Å². The summed E-state index contributed by atoms with van der Waals surface area (Å²) in [5.74, 6) is -0.190. The number of carboxylic acids is 1. The fourth-order valence-electron chi connectivity index (χ4n) is 1.86. The molecule has 1 fully saturated rings. The number of hydrogen-bond acceptors (Lipinski definition) is 4. The number of aromatic nitrogens is 2. The van der Waals surface area contributed by atoms with E-state index in [-0.39, 0.29) is 5.69 Å². The maximum absolute atomic E-state index is 11.1. The zero-order valence-corrected chi connectivity index (χ0v) is 11.9. The fraction of sp³-hybridized carbons (Fsp3) is 0.267. The molecule has 3 rings (SSSR count). The molecule has 1 aromatic heterocycles. The summed E-state index contributed by atoms with van der Waals surface area (Å²) in [5.41, 5.74) is 1.03. The van der Waals surface area contributed by atoms with Gasteiger partial charge in [0.25, 0.3) is 0 Å². The quantitative estimate of drug-likeness (QED) is 0.917. The highest BCUT2D eigenvalue weighted by atomic mass is 35.5. The second-order valence-electron chi connectivity index (χ2n) is 4.98. The summed E-state index contributed by atoms with van der Waals surface area (Å²) in [5, 5.41) is 9.65. The molecule has 0 atom stereocenters. The fourth-order valence-corrected chi connectivity index (χ4v) is 1.99. The molecule has 1 N–H and O–H groups in total. The van der Waals surface area contributed by atoms with Gasteiger partial charge in [-0.15, -0.1) is 0 Å². The van der Waals surface area contributed by atoms with Crippen molar-refractivity contribution >= 4 is 17.6 Å². The van der Waals surface area contributed by atoms with E-state index in [1.165, 1.54) is 6.20 Å². The van der Waals surface area contributed by atoms with Crippen molar-refractivity contribution in [3.63, 3.8) is 0 Å². The highest BCUT2D eigenvalue weighted by Crippen LogP contribution is 2.32. The zero-order valence-electron chi connectivity index (χ0n) is 11.1. The van der Waals surface area contributed by atoms with Gasteiger partial charge in [-0.3, -0.25) is 0 Å². The lowest BCUT2D eigenvalue weighted by Crippen LogP contribution is -2.07. The third-order valence-corrected chi connectivity index (χ3v) is 3.48. The number of rotatable bonds is 5. The summed E-state index contributed by atoms with van der Waals surface area (Å²) in [4.78, 5) is 19.3. The van der Waals surface area contributed by atoms with E-state index < -0.39 is 5.97 Å². The van der Waals surface area contributed by atoms with E-state index in [1.54, 1.807) is 24.3 Å². The molecule has 1 heterocycles. The molecule has 5 nitrogen and oxygen atoms in total. The van der Waals surface area contributed by atoms with Crippen LogP contribution in [0.2, 0.25) is 5.02 Å². The topological polar surface area (TPSA) is 72.3 Å². The van der Waals surface area contributed by atoms with E-state index in [4.69, 9.17) is 21.4 Å². The van der Waals surface area contributed by atoms with E-state index in [0.717, 1.165) is 18.4 Å². The number of hydrogen-bond donors (Lipinski definition) is 1. The Kier molecular flexibility index (Phi) is 3.75. The van der Waals surface area contributed by atoms with E-state index in [2.05, 4.69) is 9.97 Å². The van der Waals surface area contributed by atoms with Gasteiger partial charge in [-0.25, -0.2) is 14.8 Å². The standard InChI is InChI=1S/C15H13ClN2O3/c16-11-5-3-10(4-6-11)13-14(21-8-9-1-2-9)17-7-12(18-13)15(19)20/h3-7,9H,1-2,8H2,(H,19,20). The van der Waals surface area contributed by atoms with Gasteiger partial charge in [0.1, 0.15) is 5.69 Å². The van der Waals surface area contributed by atoms with Crippen LogP contribution < -0.4 is 4.74 Å². The number of halogens is 1. The first-order valence-corrected chi connectivity index (χ1v) is 7.00. The van der Waals surface area contributed by atoms with Crippen LogP contribution in [-0.2, 0) is 0 Å². The monoisotopic (exact) mass is 304 g/mol.